The van der Waals surface area contributed by atoms with Crippen LogP contribution >= 0.6 is 11.8 Å². The normalized spacial score (nSPS) is 10.3. The lowest BCUT2D eigenvalue weighted by molar-refractivity contribution is -0.137. The number of rotatable bonds is 4. The smallest absolute Gasteiger partial charge is 0.316 e. The molecule has 0 aliphatic rings. The van der Waals surface area contributed by atoms with Gasteiger partial charge in [-0.25, -0.2) is 4.98 Å². The summed E-state index contributed by atoms with van der Waals surface area (Å²) in [5.41, 5.74) is 2.23. The van der Waals surface area contributed by atoms with E-state index in [1.54, 1.807) is 6.20 Å². The number of imidazole rings is 1. The molecule has 0 saturated heterocycles. The lowest BCUT2D eigenvalue weighted by Crippen LogP contribution is -2.04. The number of methoxy groups -OCH3 is 1. The molecule has 1 aromatic heterocycles. The SMILES string of the molecule is COC(=O)CSc1nccn1-c1cccc(C)c1. The molecule has 94 valence electrons. The molecule has 0 aliphatic carbocycles. The van der Waals surface area contributed by atoms with Crippen LogP contribution in [0.1, 0.15) is 5.56 Å². The Morgan fingerprint density at radius 1 is 1.50 bits per heavy atom. The van der Waals surface area contributed by atoms with Crippen molar-refractivity contribution in [1.82, 2.24) is 9.55 Å². The molecule has 18 heavy (non-hydrogen) atoms. The number of aromatic nitrogens is 2. The van der Waals surface area contributed by atoms with Gasteiger partial charge < -0.3 is 4.74 Å². The Morgan fingerprint density at radius 3 is 3.06 bits per heavy atom. The molecular weight excluding hydrogens is 248 g/mol. The van der Waals surface area contributed by atoms with E-state index in [1.807, 2.05) is 35.9 Å². The maximum Gasteiger partial charge on any atom is 0.316 e. The highest BCUT2D eigenvalue weighted by Crippen LogP contribution is 2.20. The maximum absolute atomic E-state index is 11.1. The summed E-state index contributed by atoms with van der Waals surface area (Å²) in [6, 6.07) is 8.13. The predicted molar refractivity (Wildman–Crippen MR) is 71.0 cm³/mol. The van der Waals surface area contributed by atoms with Crippen molar-refractivity contribution in [3.05, 3.63) is 42.2 Å². The Bertz CT molecular complexity index is 551. The Hall–Kier alpha value is -1.75. The second-order valence-corrected chi connectivity index (χ2v) is 4.73. The molecule has 0 amide bonds. The molecule has 0 aliphatic heterocycles. The van der Waals surface area contributed by atoms with E-state index in [9.17, 15) is 4.79 Å². The number of ether oxygens (including phenoxy) is 1. The zero-order valence-corrected chi connectivity index (χ0v) is 11.1. The van der Waals surface area contributed by atoms with E-state index in [4.69, 9.17) is 0 Å². The summed E-state index contributed by atoms with van der Waals surface area (Å²) in [6.45, 7) is 2.04. The fraction of sp³-hybridized carbons (Fsp3) is 0.231. The lowest BCUT2D eigenvalue weighted by atomic mass is 10.2. The molecule has 0 unspecified atom stereocenters. The third-order valence-corrected chi connectivity index (χ3v) is 3.37. The van der Waals surface area contributed by atoms with Gasteiger partial charge in [-0.2, -0.15) is 0 Å². The van der Waals surface area contributed by atoms with Gasteiger partial charge in [-0.05, 0) is 24.6 Å². The first-order chi connectivity index (χ1) is 8.70. The Kier molecular flexibility index (Phi) is 4.04. The number of benzene rings is 1. The average Bonchev–Trinajstić information content (AvgIpc) is 2.84. The van der Waals surface area contributed by atoms with Crippen LogP contribution < -0.4 is 0 Å². The highest BCUT2D eigenvalue weighted by Gasteiger charge is 2.08. The third-order valence-electron chi connectivity index (χ3n) is 2.43. The summed E-state index contributed by atoms with van der Waals surface area (Å²) < 4.78 is 6.58. The van der Waals surface area contributed by atoms with Crippen molar-refractivity contribution in [2.75, 3.05) is 12.9 Å². The molecule has 0 bridgehead atoms. The Balaban J connectivity index is 2.20. The largest absolute Gasteiger partial charge is 0.468 e. The molecule has 2 aromatic rings. The van der Waals surface area contributed by atoms with Crippen molar-refractivity contribution in [3.63, 3.8) is 0 Å². The standard InChI is InChI=1S/C13H14N2O2S/c1-10-4-3-5-11(8-10)15-7-6-14-13(15)18-9-12(16)17-2/h3-8H,9H2,1-2H3. The van der Waals surface area contributed by atoms with Gasteiger partial charge in [0.2, 0.25) is 0 Å². The van der Waals surface area contributed by atoms with Crippen LogP contribution in [-0.2, 0) is 9.53 Å². The van der Waals surface area contributed by atoms with Gasteiger partial charge >= 0.3 is 5.97 Å². The van der Waals surface area contributed by atoms with Crippen LogP contribution in [0, 0.1) is 6.92 Å². The number of hydrogen-bond donors (Lipinski definition) is 0. The number of carbonyl (C=O) groups is 1. The summed E-state index contributed by atoms with van der Waals surface area (Å²) in [4.78, 5) is 15.4. The molecule has 0 fully saturated rings. The topological polar surface area (TPSA) is 44.1 Å². The Labute approximate surface area is 110 Å². The zero-order chi connectivity index (χ0) is 13.0. The van der Waals surface area contributed by atoms with E-state index >= 15 is 0 Å². The fourth-order valence-electron chi connectivity index (χ4n) is 1.55. The highest BCUT2D eigenvalue weighted by atomic mass is 32.2. The molecule has 0 radical (unpaired) electrons. The van der Waals surface area contributed by atoms with Crippen LogP contribution in [0.25, 0.3) is 5.69 Å². The molecule has 1 heterocycles. The summed E-state index contributed by atoms with van der Waals surface area (Å²) in [5, 5.41) is 0.783. The second-order valence-electron chi connectivity index (χ2n) is 3.78. The number of thioether (sulfide) groups is 1. The van der Waals surface area contributed by atoms with Crippen LogP contribution in [0.4, 0.5) is 0 Å². The monoisotopic (exact) mass is 262 g/mol. The second kappa shape index (κ2) is 5.73. The summed E-state index contributed by atoms with van der Waals surface area (Å²) in [6.07, 6.45) is 3.61. The molecular formula is C13H14N2O2S. The van der Waals surface area contributed by atoms with Crippen molar-refractivity contribution >= 4 is 17.7 Å². The van der Waals surface area contributed by atoms with Gasteiger partial charge in [0.1, 0.15) is 0 Å². The number of carbonyl (C=O) groups excluding carboxylic acids is 1. The molecule has 0 atom stereocenters. The summed E-state index contributed by atoms with van der Waals surface area (Å²) >= 11 is 1.36. The van der Waals surface area contributed by atoms with Crippen LogP contribution in [0.15, 0.2) is 41.8 Å². The number of nitrogens with zero attached hydrogens (tertiary/aromatic N) is 2. The van der Waals surface area contributed by atoms with Crippen molar-refractivity contribution in [2.45, 2.75) is 12.1 Å². The minimum atomic E-state index is -0.251. The quantitative estimate of drug-likeness (QED) is 0.627. The molecule has 2 rings (SSSR count). The van der Waals surface area contributed by atoms with Gasteiger partial charge in [0.15, 0.2) is 5.16 Å². The van der Waals surface area contributed by atoms with E-state index in [2.05, 4.69) is 15.8 Å². The lowest BCUT2D eigenvalue weighted by Gasteiger charge is -2.07. The van der Waals surface area contributed by atoms with Gasteiger partial charge in [0.25, 0.3) is 0 Å². The zero-order valence-electron chi connectivity index (χ0n) is 10.3. The van der Waals surface area contributed by atoms with Crippen molar-refractivity contribution in [1.29, 1.82) is 0 Å². The molecule has 0 N–H and O–H groups in total. The third kappa shape index (κ3) is 2.92. The first kappa shape index (κ1) is 12.7. The van der Waals surface area contributed by atoms with Crippen molar-refractivity contribution in [2.24, 2.45) is 0 Å². The fourth-order valence-corrected chi connectivity index (χ4v) is 2.36. The minimum Gasteiger partial charge on any atom is -0.468 e. The van der Waals surface area contributed by atoms with Crippen LogP contribution in [-0.4, -0.2) is 28.4 Å². The molecule has 0 saturated carbocycles. The molecule has 0 spiro atoms. The summed E-state index contributed by atoms with van der Waals surface area (Å²) in [5.74, 6) is 0.0121. The van der Waals surface area contributed by atoms with Gasteiger partial charge in [0.05, 0.1) is 12.9 Å². The van der Waals surface area contributed by atoms with E-state index < -0.39 is 0 Å². The number of esters is 1. The predicted octanol–water partition coefficient (Wildman–Crippen LogP) is 2.45. The average molecular weight is 262 g/mol. The number of aryl methyl sites for hydroxylation is 1. The molecule has 1 aromatic carbocycles. The van der Waals surface area contributed by atoms with Gasteiger partial charge in [0, 0.05) is 18.1 Å². The van der Waals surface area contributed by atoms with Crippen LogP contribution in [0.5, 0.6) is 0 Å². The van der Waals surface area contributed by atoms with Gasteiger partial charge in [-0.1, -0.05) is 23.9 Å². The maximum atomic E-state index is 11.1. The highest BCUT2D eigenvalue weighted by molar-refractivity contribution is 7.99. The first-order valence-electron chi connectivity index (χ1n) is 5.50. The minimum absolute atomic E-state index is 0.251. The first-order valence-corrected chi connectivity index (χ1v) is 6.49. The molecule has 4 nitrogen and oxygen atoms in total. The van der Waals surface area contributed by atoms with E-state index in [-0.39, 0.29) is 11.7 Å². The van der Waals surface area contributed by atoms with E-state index in [0.29, 0.717) is 0 Å². The van der Waals surface area contributed by atoms with Crippen LogP contribution in [0.2, 0.25) is 0 Å². The Morgan fingerprint density at radius 2 is 2.33 bits per heavy atom. The van der Waals surface area contributed by atoms with E-state index in [1.165, 1.54) is 24.4 Å². The molecule has 5 heteroatoms. The van der Waals surface area contributed by atoms with E-state index in [0.717, 1.165) is 10.8 Å². The van der Waals surface area contributed by atoms with Gasteiger partial charge in [-0.3, -0.25) is 9.36 Å². The van der Waals surface area contributed by atoms with Crippen molar-refractivity contribution < 1.29 is 9.53 Å². The van der Waals surface area contributed by atoms with Crippen LogP contribution in [0.3, 0.4) is 0 Å². The number of hydrogen-bond acceptors (Lipinski definition) is 4. The van der Waals surface area contributed by atoms with Gasteiger partial charge in [-0.15, -0.1) is 0 Å². The van der Waals surface area contributed by atoms with Crippen molar-refractivity contribution in [3.8, 4) is 5.69 Å². The summed E-state index contributed by atoms with van der Waals surface area (Å²) in [7, 11) is 1.38.